The molecule has 4 aromatic rings. The summed E-state index contributed by atoms with van der Waals surface area (Å²) in [7, 11) is 1.87. The zero-order valence-corrected chi connectivity index (χ0v) is 44.4. The van der Waals surface area contributed by atoms with Crippen LogP contribution >= 0.6 is 11.3 Å². The van der Waals surface area contributed by atoms with Crippen LogP contribution in [0.25, 0.3) is 10.4 Å². The fraction of sp³-hybridized carbons (Fsp3) is 0.574. The highest BCUT2D eigenvalue weighted by molar-refractivity contribution is 7.13. The van der Waals surface area contributed by atoms with E-state index in [9.17, 15) is 24.3 Å². The summed E-state index contributed by atoms with van der Waals surface area (Å²) in [6.07, 6.45) is 8.09. The molecule has 19 heteroatoms. The van der Waals surface area contributed by atoms with Crippen molar-refractivity contribution in [2.45, 2.75) is 117 Å². The number of carbonyl (C=O) groups is 4. The number of nitrogens with one attached hydrogen (secondary N) is 4. The number of aliphatic hydroxyl groups is 1. The molecule has 2 aromatic carbocycles. The van der Waals surface area contributed by atoms with Crippen LogP contribution < -0.4 is 26.0 Å². The molecule has 3 heterocycles. The topological polar surface area (TPSA) is 219 Å². The molecular formula is C54H77N9O9S. The number of hydrogen-bond donors (Lipinski definition) is 5. The molecule has 2 aliphatic rings. The van der Waals surface area contributed by atoms with Gasteiger partial charge in [-0.15, -0.1) is 11.3 Å². The molecule has 0 unspecified atom stereocenters. The number of thiazole rings is 1. The van der Waals surface area contributed by atoms with Crippen LogP contribution in [0.5, 0.6) is 5.75 Å². The van der Waals surface area contributed by atoms with Crippen molar-refractivity contribution in [3.05, 3.63) is 77.1 Å². The fourth-order valence-corrected chi connectivity index (χ4v) is 9.25. The Labute approximate surface area is 434 Å². The molecule has 2 fully saturated rings. The Morgan fingerprint density at radius 2 is 1.59 bits per heavy atom. The van der Waals surface area contributed by atoms with Gasteiger partial charge in [-0.3, -0.25) is 19.2 Å². The minimum atomic E-state index is -0.940. The third-order valence-electron chi connectivity index (χ3n) is 13.0. The summed E-state index contributed by atoms with van der Waals surface area (Å²) in [5.74, 6) is 1.21. The number of nitrogens with zero attached hydrogens (tertiary/aromatic N) is 5. The first-order valence-electron chi connectivity index (χ1n) is 25.8. The minimum absolute atomic E-state index is 0.00264. The Morgan fingerprint density at radius 3 is 2.23 bits per heavy atom. The maximum atomic E-state index is 13.9. The van der Waals surface area contributed by atoms with Crippen LogP contribution in [0.3, 0.4) is 0 Å². The predicted octanol–water partition coefficient (Wildman–Crippen LogP) is 6.68. The van der Waals surface area contributed by atoms with Gasteiger partial charge >= 0.3 is 0 Å². The molecule has 4 amide bonds. The molecule has 1 saturated carbocycles. The average Bonchev–Trinajstić information content (AvgIpc) is 3.98. The number of unbranched alkanes of at least 4 members (excludes halogenated alkanes) is 1. The first-order chi connectivity index (χ1) is 35.2. The lowest BCUT2D eigenvalue weighted by Crippen LogP contribution is -2.58. The van der Waals surface area contributed by atoms with E-state index >= 15 is 0 Å². The Balaban J connectivity index is 0.772. The van der Waals surface area contributed by atoms with Crippen LogP contribution in [-0.4, -0.2) is 145 Å². The smallest absolute Gasteiger partial charge is 0.246 e. The van der Waals surface area contributed by atoms with E-state index in [1.54, 1.807) is 11.3 Å². The SMILES string of the molecule is CCc1cnc(Nc2ccc(OCCCOCCCCOCCCOCC(=O)N[C@H](C(=O)N3C[C@H](O)C[C@H]3C(=O)NCc3ccc(-c4scnc4C)cc3)C(C)(C)C)cc2)nc1NCCN(C)C(=O)C1CCC1. The van der Waals surface area contributed by atoms with Gasteiger partial charge < -0.3 is 55.1 Å². The molecule has 0 spiro atoms. The summed E-state index contributed by atoms with van der Waals surface area (Å²) in [5, 5.41) is 23.0. The lowest BCUT2D eigenvalue weighted by molar-refractivity contribution is -0.144. The summed E-state index contributed by atoms with van der Waals surface area (Å²) in [6, 6.07) is 13.7. The average molecular weight is 1030 g/mol. The van der Waals surface area contributed by atoms with Crippen LogP contribution in [0.2, 0.25) is 0 Å². The molecule has 398 valence electrons. The van der Waals surface area contributed by atoms with Crippen LogP contribution in [0, 0.1) is 18.3 Å². The molecule has 0 bridgehead atoms. The van der Waals surface area contributed by atoms with Crippen LogP contribution in [0.4, 0.5) is 17.5 Å². The van der Waals surface area contributed by atoms with Crippen molar-refractivity contribution in [2.75, 3.05) is 83.6 Å². The Bertz CT molecular complexity index is 2360. The van der Waals surface area contributed by atoms with Crippen molar-refractivity contribution >= 4 is 52.4 Å². The minimum Gasteiger partial charge on any atom is -0.494 e. The molecule has 18 nitrogen and oxygen atoms in total. The van der Waals surface area contributed by atoms with E-state index in [2.05, 4.69) is 38.2 Å². The molecule has 3 atom stereocenters. The van der Waals surface area contributed by atoms with Crippen molar-refractivity contribution in [3.63, 3.8) is 0 Å². The predicted molar refractivity (Wildman–Crippen MR) is 283 cm³/mol. The zero-order chi connectivity index (χ0) is 52.2. The number of benzene rings is 2. The second kappa shape index (κ2) is 28.6. The van der Waals surface area contributed by atoms with Gasteiger partial charge in [0, 0.05) is 102 Å². The van der Waals surface area contributed by atoms with Crippen LogP contribution in [-0.2, 0) is 46.4 Å². The lowest BCUT2D eigenvalue weighted by Gasteiger charge is -2.35. The third kappa shape index (κ3) is 17.7. The second-order valence-electron chi connectivity index (χ2n) is 19.9. The fourth-order valence-electron chi connectivity index (χ4n) is 8.44. The molecule has 1 aliphatic carbocycles. The number of aryl methyl sites for hydroxylation is 2. The number of carbonyl (C=O) groups excluding carboxylic acids is 4. The van der Waals surface area contributed by atoms with E-state index in [0.717, 1.165) is 89.5 Å². The van der Waals surface area contributed by atoms with Gasteiger partial charge in [0.2, 0.25) is 29.6 Å². The van der Waals surface area contributed by atoms with Gasteiger partial charge in [0.15, 0.2) is 0 Å². The lowest BCUT2D eigenvalue weighted by atomic mass is 9.84. The quantitative estimate of drug-likeness (QED) is 0.0344. The highest BCUT2D eigenvalue weighted by atomic mass is 32.1. The van der Waals surface area contributed by atoms with Crippen LogP contribution in [0.15, 0.2) is 60.2 Å². The van der Waals surface area contributed by atoms with Crippen molar-refractivity contribution in [1.82, 2.24) is 35.4 Å². The number of aliphatic hydroxyl groups excluding tert-OH is 1. The van der Waals surface area contributed by atoms with Gasteiger partial charge in [-0.1, -0.05) is 58.4 Å². The molecule has 1 saturated heterocycles. The molecule has 6 rings (SSSR count). The number of likely N-dealkylation sites (N-methyl/N-ethyl adjacent to an activating group) is 1. The van der Waals surface area contributed by atoms with Crippen molar-refractivity contribution in [3.8, 4) is 16.2 Å². The van der Waals surface area contributed by atoms with Gasteiger partial charge in [-0.05, 0) is 86.3 Å². The summed E-state index contributed by atoms with van der Waals surface area (Å²) in [6.45, 7) is 14.0. The van der Waals surface area contributed by atoms with Crippen molar-refractivity contribution in [2.24, 2.45) is 11.3 Å². The number of aromatic nitrogens is 3. The van der Waals surface area contributed by atoms with Crippen molar-refractivity contribution in [1.29, 1.82) is 0 Å². The molecule has 2 aromatic heterocycles. The van der Waals surface area contributed by atoms with E-state index in [1.807, 2.05) is 99.9 Å². The van der Waals surface area contributed by atoms with Gasteiger partial charge in [-0.2, -0.15) is 4.98 Å². The molecular weight excluding hydrogens is 951 g/mol. The molecule has 0 radical (unpaired) electrons. The number of anilines is 3. The first-order valence-corrected chi connectivity index (χ1v) is 26.7. The normalized spacial score (nSPS) is 16.1. The van der Waals surface area contributed by atoms with Gasteiger partial charge in [0.1, 0.15) is 30.3 Å². The number of ether oxygens (including phenoxy) is 4. The largest absolute Gasteiger partial charge is 0.494 e. The number of rotatable bonds is 30. The van der Waals surface area contributed by atoms with Gasteiger partial charge in [0.25, 0.3) is 0 Å². The molecule has 1 aliphatic heterocycles. The summed E-state index contributed by atoms with van der Waals surface area (Å²) >= 11 is 1.58. The second-order valence-corrected chi connectivity index (χ2v) is 20.7. The summed E-state index contributed by atoms with van der Waals surface area (Å²) in [4.78, 5) is 70.7. The Morgan fingerprint density at radius 1 is 0.904 bits per heavy atom. The van der Waals surface area contributed by atoms with E-state index in [4.69, 9.17) is 23.9 Å². The highest BCUT2D eigenvalue weighted by Gasteiger charge is 2.44. The highest BCUT2D eigenvalue weighted by Crippen LogP contribution is 2.30. The third-order valence-corrected chi connectivity index (χ3v) is 14.0. The van der Waals surface area contributed by atoms with E-state index in [0.29, 0.717) is 65.1 Å². The number of β-amino-alcohol motifs (C(OH)–C–C–N with tert-alkyl or cyclic N) is 1. The summed E-state index contributed by atoms with van der Waals surface area (Å²) < 4.78 is 23.1. The van der Waals surface area contributed by atoms with E-state index < -0.39 is 35.4 Å². The molecule has 5 N–H and O–H groups in total. The van der Waals surface area contributed by atoms with Gasteiger partial charge in [0.05, 0.1) is 28.8 Å². The number of likely N-dealkylation sites (tertiary alicyclic amines) is 1. The Kier molecular flexibility index (Phi) is 22.2. The monoisotopic (exact) mass is 1030 g/mol. The van der Waals surface area contributed by atoms with E-state index in [1.165, 1.54) is 4.90 Å². The molecule has 73 heavy (non-hydrogen) atoms. The van der Waals surface area contributed by atoms with Crippen LogP contribution in [0.1, 0.15) is 95.9 Å². The van der Waals surface area contributed by atoms with Gasteiger partial charge in [-0.25, -0.2) is 9.97 Å². The Hall–Kier alpha value is -5.73. The van der Waals surface area contributed by atoms with E-state index in [-0.39, 0.29) is 43.8 Å². The summed E-state index contributed by atoms with van der Waals surface area (Å²) in [5.41, 5.74) is 5.92. The zero-order valence-electron chi connectivity index (χ0n) is 43.6. The first kappa shape index (κ1) is 56.6. The maximum absolute atomic E-state index is 13.9. The number of hydrogen-bond acceptors (Lipinski definition) is 15. The number of amides is 4. The van der Waals surface area contributed by atoms with Crippen molar-refractivity contribution < 1.29 is 43.2 Å². The standard InChI is InChI=1S/C54H77N9O9S/c1-7-39-33-57-53(61-49(39)55-23-24-62(6)51(67)41-13-10-14-41)59-42-19-21-44(22-20-42)72-30-12-28-70-26-9-8-25-69-27-11-29-71-35-46(65)60-48(54(3,4)5)52(68)63-34-43(64)31-45(63)50(66)56-32-38-15-17-40(18-16-38)47-37(2)58-36-73-47/h15-22,33,36,41,43,45,48,64H,7-14,23-32,34-35H2,1-6H3,(H,56,66)(H,60,65)(H2,55,57,59,61)/t43-,45+,48-/m1/s1. The maximum Gasteiger partial charge on any atom is 0.246 e.